The number of ether oxygens (including phenoxy) is 1. The van der Waals surface area contributed by atoms with Crippen molar-refractivity contribution in [2.75, 3.05) is 20.2 Å². The highest BCUT2D eigenvalue weighted by atomic mass is 19.2. The summed E-state index contributed by atoms with van der Waals surface area (Å²) < 4.78 is 63.9. The smallest absolute Gasteiger partial charge is 0.195 e. The lowest BCUT2D eigenvalue weighted by atomic mass is 9.71. The molecule has 3 saturated heterocycles. The van der Waals surface area contributed by atoms with Crippen LogP contribution < -0.4 is 4.74 Å². The number of methoxy groups -OCH3 is 1. The number of hydrogen-bond acceptors (Lipinski definition) is 3. The van der Waals surface area contributed by atoms with Crippen LogP contribution in [0, 0.1) is 42.0 Å². The van der Waals surface area contributed by atoms with Crippen molar-refractivity contribution >= 4 is 10.9 Å². The number of halogens is 4. The minimum Gasteiger partial charge on any atom is -0.497 e. The lowest BCUT2D eigenvalue weighted by molar-refractivity contribution is -0.985. The molecule has 0 saturated carbocycles. The van der Waals surface area contributed by atoms with Gasteiger partial charge in [-0.25, -0.2) is 17.6 Å². The molecule has 2 aromatic carbocycles. The van der Waals surface area contributed by atoms with E-state index in [4.69, 9.17) is 4.74 Å². The van der Waals surface area contributed by atoms with E-state index < -0.39 is 46.5 Å². The van der Waals surface area contributed by atoms with E-state index in [-0.39, 0.29) is 22.9 Å². The van der Waals surface area contributed by atoms with Gasteiger partial charge in [0.2, 0.25) is 0 Å². The third kappa shape index (κ3) is 3.78. The van der Waals surface area contributed by atoms with E-state index in [9.17, 15) is 18.3 Å². The van der Waals surface area contributed by atoms with Crippen molar-refractivity contribution in [3.8, 4) is 5.75 Å². The van der Waals surface area contributed by atoms with Crippen LogP contribution in [0.15, 0.2) is 43.1 Å². The predicted octanol–water partition coefficient (Wildman–Crippen LogP) is 5.75. The molecule has 4 heterocycles. The Bertz CT molecular complexity index is 1320. The molecule has 5 unspecified atom stereocenters. The standard InChI is InChI=1S/C28H29F4N2O2/c1-4-16-13-34(14-21-24(29)15(2)25(30)27(32)26(21)31)10-8-17(16)11-23(34)28(35)19-7-9-33-22-6-5-18(36-3)12-20(19)22/h4-7,9,12,16-17,23,28,35H,1,8,10-11,13-14H2,2-3H3/q+1. The van der Waals surface area contributed by atoms with E-state index in [1.165, 1.54) is 0 Å². The van der Waals surface area contributed by atoms with Crippen LogP contribution in [0.25, 0.3) is 10.9 Å². The molecule has 190 valence electrons. The van der Waals surface area contributed by atoms with Gasteiger partial charge in [0.05, 0.1) is 31.3 Å². The molecule has 3 aromatic rings. The van der Waals surface area contributed by atoms with E-state index in [1.54, 1.807) is 25.4 Å². The van der Waals surface area contributed by atoms with Crippen LogP contribution in [-0.4, -0.2) is 40.8 Å². The Kier molecular flexibility index (Phi) is 6.29. The lowest BCUT2D eigenvalue weighted by Crippen LogP contribution is -2.67. The summed E-state index contributed by atoms with van der Waals surface area (Å²) in [6, 6.07) is 6.75. The van der Waals surface area contributed by atoms with E-state index in [0.29, 0.717) is 36.3 Å². The first-order chi connectivity index (χ1) is 17.2. The van der Waals surface area contributed by atoms with Crippen molar-refractivity contribution in [3.63, 3.8) is 0 Å². The second-order valence-electron chi connectivity index (χ2n) is 10.1. The number of fused-ring (bicyclic) bond motifs is 4. The average molecular weight is 502 g/mol. The number of hydrogen-bond donors (Lipinski definition) is 1. The summed E-state index contributed by atoms with van der Waals surface area (Å²) in [6.07, 6.45) is 3.90. The molecule has 0 spiro atoms. The zero-order valence-electron chi connectivity index (χ0n) is 20.3. The van der Waals surface area contributed by atoms with Gasteiger partial charge in [-0.05, 0) is 42.7 Å². The van der Waals surface area contributed by atoms with E-state index >= 15 is 4.39 Å². The summed E-state index contributed by atoms with van der Waals surface area (Å²) in [7, 11) is 1.56. The molecular formula is C28H29F4N2O2+. The number of nitrogens with zero attached hydrogens (tertiary/aromatic N) is 2. The first kappa shape index (κ1) is 24.7. The Hall–Kier alpha value is -2.97. The molecule has 5 atom stereocenters. The van der Waals surface area contributed by atoms with Crippen LogP contribution in [-0.2, 0) is 6.54 Å². The lowest BCUT2D eigenvalue weighted by Gasteiger charge is -2.58. The maximum Gasteiger partial charge on any atom is 0.195 e. The minimum atomic E-state index is -1.67. The van der Waals surface area contributed by atoms with E-state index in [2.05, 4.69) is 11.6 Å². The monoisotopic (exact) mass is 501 g/mol. The molecule has 36 heavy (non-hydrogen) atoms. The summed E-state index contributed by atoms with van der Waals surface area (Å²) in [5, 5.41) is 12.5. The van der Waals surface area contributed by atoms with E-state index in [1.807, 2.05) is 18.2 Å². The van der Waals surface area contributed by atoms with Gasteiger partial charge in [0.25, 0.3) is 0 Å². The number of aromatic nitrogens is 1. The summed E-state index contributed by atoms with van der Waals surface area (Å²) in [5.74, 6) is -4.78. The molecule has 0 aliphatic carbocycles. The highest BCUT2D eigenvalue weighted by molar-refractivity contribution is 5.83. The van der Waals surface area contributed by atoms with Crippen LogP contribution >= 0.6 is 0 Å². The minimum absolute atomic E-state index is 0.0917. The van der Waals surface area contributed by atoms with Crippen molar-refractivity contribution in [3.05, 3.63) is 83.1 Å². The molecule has 3 fully saturated rings. The SMILES string of the molecule is C=CC1C[N+]2(Cc3c(F)c(C)c(F)c(F)c3F)CCC1CC2C(O)c1ccnc2ccc(OC)cc12. The molecule has 1 N–H and O–H groups in total. The normalized spacial score (nSPS) is 26.2. The van der Waals surface area contributed by atoms with Gasteiger partial charge < -0.3 is 14.3 Å². The van der Waals surface area contributed by atoms with Crippen LogP contribution in [0.1, 0.15) is 35.6 Å². The van der Waals surface area contributed by atoms with E-state index in [0.717, 1.165) is 18.7 Å². The topological polar surface area (TPSA) is 42.4 Å². The fraction of sp³-hybridized carbons (Fsp3) is 0.393. The van der Waals surface area contributed by atoms with Gasteiger partial charge in [-0.2, -0.15) is 0 Å². The number of piperidine rings is 3. The van der Waals surface area contributed by atoms with Gasteiger partial charge in [-0.3, -0.25) is 4.98 Å². The maximum absolute atomic E-state index is 15.1. The first-order valence-electron chi connectivity index (χ1n) is 12.1. The fourth-order valence-corrected chi connectivity index (χ4v) is 6.39. The number of aliphatic hydroxyl groups excluding tert-OH is 1. The summed E-state index contributed by atoms with van der Waals surface area (Å²) in [5.41, 5.74) is 0.310. The number of quaternary nitrogens is 1. The van der Waals surface area contributed by atoms with Gasteiger partial charge in [0.15, 0.2) is 17.5 Å². The Balaban J connectivity index is 1.62. The highest BCUT2D eigenvalue weighted by Crippen LogP contribution is 2.48. The molecule has 0 amide bonds. The van der Waals surface area contributed by atoms with Gasteiger partial charge >= 0.3 is 0 Å². The molecular weight excluding hydrogens is 472 g/mol. The Morgan fingerprint density at radius 3 is 2.67 bits per heavy atom. The van der Waals surface area contributed by atoms with Crippen molar-refractivity contribution in [2.24, 2.45) is 11.8 Å². The zero-order valence-corrected chi connectivity index (χ0v) is 20.3. The highest BCUT2D eigenvalue weighted by Gasteiger charge is 2.54. The third-order valence-corrected chi connectivity index (χ3v) is 8.39. The largest absolute Gasteiger partial charge is 0.497 e. The van der Waals surface area contributed by atoms with Crippen LogP contribution in [0.4, 0.5) is 17.6 Å². The predicted molar refractivity (Wildman–Crippen MR) is 128 cm³/mol. The fourth-order valence-electron chi connectivity index (χ4n) is 6.39. The zero-order chi connectivity index (χ0) is 25.8. The van der Waals surface area contributed by atoms with Crippen molar-refractivity contribution in [1.82, 2.24) is 4.98 Å². The summed E-state index contributed by atoms with van der Waals surface area (Å²) >= 11 is 0. The van der Waals surface area contributed by atoms with Crippen molar-refractivity contribution in [1.29, 1.82) is 0 Å². The van der Waals surface area contributed by atoms with Gasteiger partial charge in [-0.1, -0.05) is 6.08 Å². The van der Waals surface area contributed by atoms with Crippen molar-refractivity contribution < 1.29 is 31.9 Å². The molecule has 8 heteroatoms. The second-order valence-corrected chi connectivity index (χ2v) is 10.1. The second kappa shape index (κ2) is 9.16. The summed E-state index contributed by atoms with van der Waals surface area (Å²) in [6.45, 7) is 5.92. The Morgan fingerprint density at radius 1 is 1.17 bits per heavy atom. The van der Waals surface area contributed by atoms with Crippen LogP contribution in [0.3, 0.4) is 0 Å². The molecule has 6 rings (SSSR count). The third-order valence-electron chi connectivity index (χ3n) is 8.39. The quantitative estimate of drug-likeness (QED) is 0.154. The summed E-state index contributed by atoms with van der Waals surface area (Å²) in [4.78, 5) is 4.39. The Labute approximate surface area is 207 Å². The number of rotatable bonds is 6. The van der Waals surface area contributed by atoms with Gasteiger partial charge in [0.1, 0.15) is 30.3 Å². The molecule has 1 aromatic heterocycles. The van der Waals surface area contributed by atoms with Crippen LogP contribution in [0.5, 0.6) is 5.75 Å². The Morgan fingerprint density at radius 2 is 1.94 bits per heavy atom. The average Bonchev–Trinajstić information content (AvgIpc) is 2.92. The molecule has 4 nitrogen and oxygen atoms in total. The molecule has 0 radical (unpaired) electrons. The molecule has 3 aliphatic rings. The number of benzene rings is 2. The van der Waals surface area contributed by atoms with Gasteiger partial charge in [-0.15, -0.1) is 6.58 Å². The maximum atomic E-state index is 15.1. The molecule has 2 bridgehead atoms. The van der Waals surface area contributed by atoms with Crippen molar-refractivity contribution in [2.45, 2.75) is 38.5 Å². The molecule has 3 aliphatic heterocycles. The number of pyridine rings is 1. The first-order valence-corrected chi connectivity index (χ1v) is 12.1. The van der Waals surface area contributed by atoms with Gasteiger partial charge in [0, 0.05) is 35.9 Å². The van der Waals surface area contributed by atoms with Crippen LogP contribution in [0.2, 0.25) is 0 Å². The number of aliphatic hydroxyl groups is 1.